The summed E-state index contributed by atoms with van der Waals surface area (Å²) in [7, 11) is 0. The highest BCUT2D eigenvalue weighted by atomic mass is 35.5. The molecule has 1 fully saturated rings. The maximum Gasteiger partial charge on any atom is 0.294 e. The van der Waals surface area contributed by atoms with Gasteiger partial charge in [-0.15, -0.1) is 0 Å². The molecule has 0 spiro atoms. The van der Waals surface area contributed by atoms with E-state index in [0.717, 1.165) is 11.0 Å². The summed E-state index contributed by atoms with van der Waals surface area (Å²) >= 11 is 18.6. The summed E-state index contributed by atoms with van der Waals surface area (Å²) in [4.78, 5) is 38.1. The summed E-state index contributed by atoms with van der Waals surface area (Å²) in [6, 6.07) is 11.8. The van der Waals surface area contributed by atoms with E-state index >= 15 is 0 Å². The first-order chi connectivity index (χ1) is 15.7. The number of furan rings is 1. The summed E-state index contributed by atoms with van der Waals surface area (Å²) in [6.07, 6.45) is 1.41. The first-order valence-corrected chi connectivity index (χ1v) is 11.2. The van der Waals surface area contributed by atoms with Gasteiger partial charge in [0.25, 0.3) is 11.1 Å². The average molecular weight is 526 g/mol. The fourth-order valence-electron chi connectivity index (χ4n) is 2.94. The first kappa shape index (κ1) is 23.4. The molecule has 2 aromatic carbocycles. The summed E-state index contributed by atoms with van der Waals surface area (Å²) in [6.45, 7) is -0.515. The predicted molar refractivity (Wildman–Crippen MR) is 127 cm³/mol. The third-order valence-electron chi connectivity index (χ3n) is 4.47. The number of carbonyl (C=O) groups excluding carboxylic acids is 3. The molecule has 4 rings (SSSR count). The van der Waals surface area contributed by atoms with Crippen molar-refractivity contribution in [1.82, 2.24) is 4.90 Å². The molecule has 0 saturated carbocycles. The SMILES string of the molecule is O=C(CN1C(=O)S/C(=C/c2ccc(-c3cc(Cl)ccc3Cl)o2)C1=O)Nc1ccc(F)c(Cl)c1. The number of hydrogen-bond donors (Lipinski definition) is 1. The summed E-state index contributed by atoms with van der Waals surface area (Å²) in [5.41, 5.74) is 0.811. The predicted octanol–water partition coefficient (Wildman–Crippen LogP) is 6.72. The van der Waals surface area contributed by atoms with Crippen LogP contribution in [-0.2, 0) is 9.59 Å². The molecule has 1 aliphatic heterocycles. The Morgan fingerprint density at radius 2 is 1.85 bits per heavy atom. The van der Waals surface area contributed by atoms with Gasteiger partial charge in [0.15, 0.2) is 0 Å². The number of benzene rings is 2. The van der Waals surface area contributed by atoms with E-state index in [1.54, 1.807) is 30.3 Å². The van der Waals surface area contributed by atoms with Crippen LogP contribution in [0, 0.1) is 5.82 Å². The van der Waals surface area contributed by atoms with Crippen LogP contribution >= 0.6 is 46.6 Å². The lowest BCUT2D eigenvalue weighted by Crippen LogP contribution is -2.36. The minimum Gasteiger partial charge on any atom is -0.457 e. The number of imide groups is 1. The number of hydrogen-bond acceptors (Lipinski definition) is 5. The van der Waals surface area contributed by atoms with Crippen LogP contribution in [0.1, 0.15) is 5.76 Å². The van der Waals surface area contributed by atoms with Crippen LogP contribution < -0.4 is 5.32 Å². The Hall–Kier alpha value is -2.78. The zero-order chi connectivity index (χ0) is 23.7. The van der Waals surface area contributed by atoms with E-state index in [9.17, 15) is 18.8 Å². The molecule has 1 N–H and O–H groups in total. The Bertz CT molecular complexity index is 1320. The molecule has 0 aliphatic carbocycles. The van der Waals surface area contributed by atoms with Gasteiger partial charge in [0.05, 0.1) is 15.0 Å². The van der Waals surface area contributed by atoms with Crippen LogP contribution in [0.5, 0.6) is 0 Å². The number of rotatable bonds is 5. The molecule has 3 amide bonds. The second kappa shape index (κ2) is 9.61. The van der Waals surface area contributed by atoms with Crippen molar-refractivity contribution in [2.24, 2.45) is 0 Å². The fourth-order valence-corrected chi connectivity index (χ4v) is 4.33. The van der Waals surface area contributed by atoms with Crippen LogP contribution in [0.3, 0.4) is 0 Å². The highest BCUT2D eigenvalue weighted by Gasteiger charge is 2.36. The van der Waals surface area contributed by atoms with Crippen molar-refractivity contribution in [3.63, 3.8) is 0 Å². The molecule has 33 heavy (non-hydrogen) atoms. The largest absolute Gasteiger partial charge is 0.457 e. The van der Waals surface area contributed by atoms with Gasteiger partial charge in [-0.2, -0.15) is 0 Å². The van der Waals surface area contributed by atoms with Crippen LogP contribution in [0.2, 0.25) is 15.1 Å². The zero-order valence-electron chi connectivity index (χ0n) is 16.4. The number of nitrogens with zero attached hydrogens (tertiary/aromatic N) is 1. The lowest BCUT2D eigenvalue weighted by molar-refractivity contribution is -0.127. The molecule has 0 unspecified atom stereocenters. The minimum absolute atomic E-state index is 0.0933. The van der Waals surface area contributed by atoms with Crippen molar-refractivity contribution in [2.45, 2.75) is 0 Å². The Balaban J connectivity index is 1.46. The molecule has 1 saturated heterocycles. The van der Waals surface area contributed by atoms with Gasteiger partial charge < -0.3 is 9.73 Å². The van der Waals surface area contributed by atoms with E-state index in [-0.39, 0.29) is 15.6 Å². The fraction of sp³-hybridized carbons (Fsp3) is 0.0455. The summed E-state index contributed by atoms with van der Waals surface area (Å²) in [5, 5.41) is 2.61. The first-order valence-electron chi connectivity index (χ1n) is 9.27. The number of halogens is 4. The normalized spacial score (nSPS) is 14.9. The molecular formula is C22H12Cl3FN2O4S. The van der Waals surface area contributed by atoms with Gasteiger partial charge in [0.1, 0.15) is 23.9 Å². The van der Waals surface area contributed by atoms with Crippen molar-refractivity contribution in [1.29, 1.82) is 0 Å². The van der Waals surface area contributed by atoms with Crippen molar-refractivity contribution in [3.8, 4) is 11.3 Å². The molecule has 168 valence electrons. The molecule has 0 radical (unpaired) electrons. The summed E-state index contributed by atoms with van der Waals surface area (Å²) < 4.78 is 19.0. The standard InChI is InChI=1S/C22H12Cl3FN2O4S/c23-11-1-4-15(24)14(7-11)18-6-3-13(32-18)9-19-21(30)28(22(31)33-19)10-20(29)27-12-2-5-17(26)16(25)8-12/h1-9H,10H2,(H,27,29)/b19-9+. The van der Waals surface area contributed by atoms with Crippen molar-refractivity contribution < 1.29 is 23.2 Å². The van der Waals surface area contributed by atoms with Gasteiger partial charge >= 0.3 is 0 Å². The highest BCUT2D eigenvalue weighted by molar-refractivity contribution is 8.18. The Morgan fingerprint density at radius 3 is 2.61 bits per heavy atom. The Labute approximate surface area is 206 Å². The topological polar surface area (TPSA) is 79.6 Å². The lowest BCUT2D eigenvalue weighted by Gasteiger charge is -2.12. The maximum absolute atomic E-state index is 13.3. The van der Waals surface area contributed by atoms with Crippen LogP contribution in [-0.4, -0.2) is 28.5 Å². The van der Waals surface area contributed by atoms with E-state index in [4.69, 9.17) is 39.2 Å². The number of nitrogens with one attached hydrogen (secondary N) is 1. The van der Waals surface area contributed by atoms with Crippen molar-refractivity contribution >= 4 is 75.4 Å². The Kier molecular flexibility index (Phi) is 6.81. The molecule has 2 heterocycles. The Morgan fingerprint density at radius 1 is 1.06 bits per heavy atom. The summed E-state index contributed by atoms with van der Waals surface area (Å²) in [5.74, 6) is -1.17. The number of amides is 3. The monoisotopic (exact) mass is 524 g/mol. The minimum atomic E-state index is -0.643. The molecule has 0 bridgehead atoms. The van der Waals surface area contributed by atoms with Crippen molar-refractivity contribution in [3.05, 3.63) is 80.1 Å². The second-order valence-corrected chi connectivity index (χ2v) is 9.02. The van der Waals surface area contributed by atoms with E-state index in [0.29, 0.717) is 38.9 Å². The molecule has 1 aliphatic rings. The average Bonchev–Trinajstić information content (AvgIpc) is 3.33. The number of thioether (sulfide) groups is 1. The maximum atomic E-state index is 13.3. The number of carbonyl (C=O) groups is 3. The van der Waals surface area contributed by atoms with E-state index in [1.807, 2.05) is 0 Å². The molecule has 6 nitrogen and oxygen atoms in total. The van der Waals surface area contributed by atoms with Crippen LogP contribution in [0.25, 0.3) is 17.4 Å². The van der Waals surface area contributed by atoms with Gasteiger partial charge in [0.2, 0.25) is 5.91 Å². The molecule has 1 aromatic heterocycles. The van der Waals surface area contributed by atoms with Gasteiger partial charge in [-0.1, -0.05) is 34.8 Å². The van der Waals surface area contributed by atoms with E-state index in [1.165, 1.54) is 18.2 Å². The van der Waals surface area contributed by atoms with E-state index in [2.05, 4.69) is 5.32 Å². The van der Waals surface area contributed by atoms with Gasteiger partial charge in [-0.25, -0.2) is 4.39 Å². The van der Waals surface area contributed by atoms with Gasteiger partial charge in [-0.3, -0.25) is 19.3 Å². The molecular weight excluding hydrogens is 514 g/mol. The molecule has 0 atom stereocenters. The molecule has 11 heteroatoms. The van der Waals surface area contributed by atoms with Gasteiger partial charge in [-0.05, 0) is 60.3 Å². The smallest absolute Gasteiger partial charge is 0.294 e. The van der Waals surface area contributed by atoms with Crippen LogP contribution in [0.4, 0.5) is 14.9 Å². The quantitative estimate of drug-likeness (QED) is 0.374. The second-order valence-electron chi connectivity index (χ2n) is 6.77. The lowest BCUT2D eigenvalue weighted by atomic mass is 10.2. The third-order valence-corrected chi connectivity index (χ3v) is 6.23. The highest BCUT2D eigenvalue weighted by Crippen LogP contribution is 2.35. The third kappa shape index (κ3) is 5.25. The number of anilines is 1. The van der Waals surface area contributed by atoms with E-state index < -0.39 is 29.4 Å². The zero-order valence-corrected chi connectivity index (χ0v) is 19.5. The van der Waals surface area contributed by atoms with Crippen molar-refractivity contribution in [2.75, 3.05) is 11.9 Å². The van der Waals surface area contributed by atoms with Gasteiger partial charge in [0, 0.05) is 22.3 Å². The van der Waals surface area contributed by atoms with Crippen LogP contribution in [0.15, 0.2) is 57.9 Å². The molecule has 3 aromatic rings.